The molecule has 1 unspecified atom stereocenters. The van der Waals surface area contributed by atoms with Crippen molar-refractivity contribution in [1.82, 2.24) is 10.2 Å². The van der Waals surface area contributed by atoms with Gasteiger partial charge in [-0.3, -0.25) is 4.79 Å². The molecule has 2 rings (SSSR count). The predicted octanol–water partition coefficient (Wildman–Crippen LogP) is 0.265. The second kappa shape index (κ2) is 3.48. The quantitative estimate of drug-likeness (QED) is 0.683. The summed E-state index contributed by atoms with van der Waals surface area (Å²) < 4.78 is 0. The molecule has 0 aromatic rings. The summed E-state index contributed by atoms with van der Waals surface area (Å²) in [6.45, 7) is 1.09. The Morgan fingerprint density at radius 1 is 1.57 bits per heavy atom. The van der Waals surface area contributed by atoms with Crippen LogP contribution in [0.1, 0.15) is 19.3 Å². The molecule has 1 heterocycles. The zero-order chi connectivity index (χ0) is 10.1. The van der Waals surface area contributed by atoms with Gasteiger partial charge >= 0.3 is 12.0 Å². The zero-order valence-electron chi connectivity index (χ0n) is 7.90. The van der Waals surface area contributed by atoms with Crippen LogP contribution in [0.15, 0.2) is 0 Å². The van der Waals surface area contributed by atoms with Crippen molar-refractivity contribution in [2.45, 2.75) is 25.3 Å². The monoisotopic (exact) mass is 198 g/mol. The molecule has 0 aromatic carbocycles. The number of nitrogens with one attached hydrogen (secondary N) is 1. The average molecular weight is 198 g/mol. The van der Waals surface area contributed by atoms with E-state index in [1.165, 1.54) is 0 Å². The molecular weight excluding hydrogens is 184 g/mol. The average Bonchev–Trinajstić information content (AvgIpc) is 2.90. The molecule has 2 fully saturated rings. The van der Waals surface area contributed by atoms with Gasteiger partial charge in [-0.25, -0.2) is 4.79 Å². The molecule has 5 nitrogen and oxygen atoms in total. The van der Waals surface area contributed by atoms with Crippen LogP contribution in [0.2, 0.25) is 0 Å². The Bertz CT molecular complexity index is 263. The maximum Gasteiger partial charge on any atom is 0.317 e. The summed E-state index contributed by atoms with van der Waals surface area (Å²) in [5.74, 6) is -0.729. The number of amides is 2. The molecule has 1 saturated heterocycles. The van der Waals surface area contributed by atoms with E-state index in [1.54, 1.807) is 4.90 Å². The summed E-state index contributed by atoms with van der Waals surface area (Å²) in [5.41, 5.74) is 0. The second-order valence-corrected chi connectivity index (χ2v) is 4.03. The van der Waals surface area contributed by atoms with Crippen LogP contribution in [-0.4, -0.2) is 41.1 Å². The lowest BCUT2D eigenvalue weighted by atomic mass is 10.0. The van der Waals surface area contributed by atoms with Crippen molar-refractivity contribution in [3.05, 3.63) is 0 Å². The summed E-state index contributed by atoms with van der Waals surface area (Å²) in [6, 6.07) is 0.334. The number of aliphatic carboxylic acids is 1. The van der Waals surface area contributed by atoms with E-state index >= 15 is 0 Å². The SMILES string of the molecule is O=C(O)CC1CNC(=O)N(C2CC2)C1. The fourth-order valence-corrected chi connectivity index (χ4v) is 1.84. The van der Waals surface area contributed by atoms with Crippen molar-refractivity contribution in [2.24, 2.45) is 5.92 Å². The van der Waals surface area contributed by atoms with Crippen LogP contribution >= 0.6 is 0 Å². The van der Waals surface area contributed by atoms with E-state index in [1.807, 2.05) is 0 Å². The van der Waals surface area contributed by atoms with Gasteiger partial charge in [-0.2, -0.15) is 0 Å². The van der Waals surface area contributed by atoms with E-state index in [0.717, 1.165) is 12.8 Å². The van der Waals surface area contributed by atoms with Crippen molar-refractivity contribution in [1.29, 1.82) is 0 Å². The molecule has 0 spiro atoms. The van der Waals surface area contributed by atoms with Gasteiger partial charge in [0, 0.05) is 25.0 Å². The molecule has 14 heavy (non-hydrogen) atoms. The van der Waals surface area contributed by atoms with E-state index in [9.17, 15) is 9.59 Å². The number of urea groups is 1. The van der Waals surface area contributed by atoms with Crippen molar-refractivity contribution in [3.8, 4) is 0 Å². The van der Waals surface area contributed by atoms with Crippen molar-refractivity contribution < 1.29 is 14.7 Å². The minimum Gasteiger partial charge on any atom is -0.481 e. The number of carbonyl (C=O) groups excluding carboxylic acids is 1. The van der Waals surface area contributed by atoms with Crippen molar-refractivity contribution in [3.63, 3.8) is 0 Å². The van der Waals surface area contributed by atoms with Gasteiger partial charge in [-0.1, -0.05) is 0 Å². The highest BCUT2D eigenvalue weighted by molar-refractivity contribution is 5.76. The van der Waals surface area contributed by atoms with Crippen LogP contribution in [0.25, 0.3) is 0 Å². The first-order chi connectivity index (χ1) is 6.66. The van der Waals surface area contributed by atoms with E-state index < -0.39 is 5.97 Å². The predicted molar refractivity (Wildman–Crippen MR) is 48.9 cm³/mol. The molecular formula is C9H14N2O3. The maximum absolute atomic E-state index is 11.4. The first-order valence-corrected chi connectivity index (χ1v) is 4.93. The van der Waals surface area contributed by atoms with Crippen LogP contribution < -0.4 is 5.32 Å². The fraction of sp³-hybridized carbons (Fsp3) is 0.778. The maximum atomic E-state index is 11.4. The molecule has 1 atom stereocenters. The van der Waals surface area contributed by atoms with Crippen molar-refractivity contribution >= 4 is 12.0 Å². The normalized spacial score (nSPS) is 27.3. The van der Waals surface area contributed by atoms with Crippen molar-refractivity contribution in [2.75, 3.05) is 13.1 Å². The minimum absolute atomic E-state index is 0.0332. The number of rotatable bonds is 3. The third-order valence-corrected chi connectivity index (χ3v) is 2.71. The number of nitrogens with zero attached hydrogens (tertiary/aromatic N) is 1. The summed E-state index contributed by atoms with van der Waals surface area (Å²) in [5, 5.41) is 11.4. The summed E-state index contributed by atoms with van der Waals surface area (Å²) >= 11 is 0. The first-order valence-electron chi connectivity index (χ1n) is 4.93. The molecule has 0 bridgehead atoms. The Kier molecular flexibility index (Phi) is 2.31. The smallest absolute Gasteiger partial charge is 0.317 e. The van der Waals surface area contributed by atoms with Gasteiger partial charge in [0.1, 0.15) is 0 Å². The highest BCUT2D eigenvalue weighted by Gasteiger charge is 2.36. The van der Waals surface area contributed by atoms with E-state index in [2.05, 4.69) is 5.32 Å². The van der Waals surface area contributed by atoms with Gasteiger partial charge in [-0.05, 0) is 12.8 Å². The molecule has 5 heteroatoms. The van der Waals surface area contributed by atoms with Crippen LogP contribution in [-0.2, 0) is 4.79 Å². The molecule has 1 saturated carbocycles. The molecule has 78 valence electrons. The fourth-order valence-electron chi connectivity index (χ4n) is 1.84. The van der Waals surface area contributed by atoms with Gasteiger partial charge < -0.3 is 15.3 Å². The Balaban J connectivity index is 1.91. The molecule has 2 amide bonds. The lowest BCUT2D eigenvalue weighted by Gasteiger charge is -2.32. The number of carboxylic acid groups (broad SMARTS) is 1. The molecule has 2 aliphatic rings. The van der Waals surface area contributed by atoms with Crippen LogP contribution in [0.3, 0.4) is 0 Å². The number of hydrogen-bond donors (Lipinski definition) is 2. The largest absolute Gasteiger partial charge is 0.481 e. The summed E-state index contributed by atoms with van der Waals surface area (Å²) in [4.78, 5) is 23.7. The third-order valence-electron chi connectivity index (χ3n) is 2.71. The molecule has 1 aliphatic carbocycles. The number of carbonyl (C=O) groups is 2. The van der Waals surface area contributed by atoms with Gasteiger partial charge in [0.25, 0.3) is 0 Å². The van der Waals surface area contributed by atoms with E-state index in [4.69, 9.17) is 5.11 Å². The Hall–Kier alpha value is -1.26. The van der Waals surface area contributed by atoms with Crippen LogP contribution in [0.4, 0.5) is 4.79 Å². The summed E-state index contributed by atoms with van der Waals surface area (Å²) in [7, 11) is 0. The van der Waals surface area contributed by atoms with E-state index in [0.29, 0.717) is 19.1 Å². The molecule has 2 N–H and O–H groups in total. The number of carboxylic acids is 1. The lowest BCUT2D eigenvalue weighted by Crippen LogP contribution is -2.52. The first kappa shape index (κ1) is 9.30. The Morgan fingerprint density at radius 2 is 2.29 bits per heavy atom. The van der Waals surface area contributed by atoms with Gasteiger partial charge in [-0.15, -0.1) is 0 Å². The highest BCUT2D eigenvalue weighted by atomic mass is 16.4. The van der Waals surface area contributed by atoms with E-state index in [-0.39, 0.29) is 18.4 Å². The number of hydrogen-bond acceptors (Lipinski definition) is 2. The molecule has 1 aliphatic heterocycles. The second-order valence-electron chi connectivity index (χ2n) is 4.03. The Morgan fingerprint density at radius 3 is 2.86 bits per heavy atom. The highest BCUT2D eigenvalue weighted by Crippen LogP contribution is 2.29. The minimum atomic E-state index is -0.790. The van der Waals surface area contributed by atoms with Gasteiger partial charge in [0.05, 0.1) is 6.42 Å². The lowest BCUT2D eigenvalue weighted by molar-refractivity contribution is -0.138. The van der Waals surface area contributed by atoms with Crippen LogP contribution in [0.5, 0.6) is 0 Å². The van der Waals surface area contributed by atoms with Gasteiger partial charge in [0.15, 0.2) is 0 Å². The third kappa shape index (κ3) is 1.97. The molecule has 0 radical (unpaired) electrons. The topological polar surface area (TPSA) is 69.6 Å². The zero-order valence-corrected chi connectivity index (χ0v) is 7.90. The Labute approximate surface area is 82.1 Å². The standard InChI is InChI=1S/C9H14N2O3/c12-8(13)3-6-4-10-9(14)11(5-6)7-1-2-7/h6-7H,1-5H2,(H,10,14)(H,12,13). The van der Waals surface area contributed by atoms with Gasteiger partial charge in [0.2, 0.25) is 0 Å². The summed E-state index contributed by atoms with van der Waals surface area (Å²) in [6.07, 6.45) is 2.27. The molecule has 0 aromatic heterocycles. The van der Waals surface area contributed by atoms with Crippen LogP contribution in [0, 0.1) is 5.92 Å².